The van der Waals surface area contributed by atoms with Gasteiger partial charge in [0.05, 0.1) is 25.4 Å². The quantitative estimate of drug-likeness (QED) is 0.529. The monoisotopic (exact) mass is 290 g/mol. The van der Waals surface area contributed by atoms with E-state index in [2.05, 4.69) is 12.1 Å². The van der Waals surface area contributed by atoms with Gasteiger partial charge in [0.25, 0.3) is 0 Å². The molecular formula is C16H22N2O3. The van der Waals surface area contributed by atoms with Gasteiger partial charge in [-0.05, 0) is 23.3 Å². The fourth-order valence-corrected chi connectivity index (χ4v) is 1.46. The molecule has 0 aliphatic carbocycles. The third kappa shape index (κ3) is 5.53. The molecule has 0 saturated carbocycles. The van der Waals surface area contributed by atoms with Crippen LogP contribution in [0, 0.1) is 0 Å². The van der Waals surface area contributed by atoms with Gasteiger partial charge in [-0.25, -0.2) is 0 Å². The van der Waals surface area contributed by atoms with Gasteiger partial charge < -0.3 is 26.8 Å². The maximum Gasteiger partial charge on any atom is 0.0856 e. The zero-order valence-corrected chi connectivity index (χ0v) is 11.8. The summed E-state index contributed by atoms with van der Waals surface area (Å²) < 4.78 is 0. The summed E-state index contributed by atoms with van der Waals surface area (Å²) in [5.41, 5.74) is 12.8. The SMILES string of the molecule is NC(CO)(CO)CO.Nc1ccc(-c2ccccc2)cc1. The Kier molecular flexibility index (Phi) is 6.84. The minimum Gasteiger partial charge on any atom is -0.399 e. The molecule has 0 spiro atoms. The first kappa shape index (κ1) is 17.1. The second-order valence-corrected chi connectivity index (χ2v) is 4.82. The number of rotatable bonds is 4. The largest absolute Gasteiger partial charge is 0.399 e. The van der Waals surface area contributed by atoms with Gasteiger partial charge in [-0.1, -0.05) is 42.5 Å². The molecule has 7 N–H and O–H groups in total. The lowest BCUT2D eigenvalue weighted by Gasteiger charge is -2.20. The second kappa shape index (κ2) is 8.39. The molecule has 0 heterocycles. The molecule has 0 amide bonds. The van der Waals surface area contributed by atoms with Gasteiger partial charge in [0.1, 0.15) is 0 Å². The summed E-state index contributed by atoms with van der Waals surface area (Å²) >= 11 is 0. The number of benzene rings is 2. The highest BCUT2D eigenvalue weighted by molar-refractivity contribution is 5.65. The Labute approximate surface area is 124 Å². The van der Waals surface area contributed by atoms with E-state index in [1.54, 1.807) is 0 Å². The maximum absolute atomic E-state index is 8.34. The van der Waals surface area contributed by atoms with Crippen molar-refractivity contribution in [1.29, 1.82) is 0 Å². The van der Waals surface area contributed by atoms with Gasteiger partial charge in [0.15, 0.2) is 0 Å². The molecule has 2 rings (SSSR count). The predicted octanol–water partition coefficient (Wildman–Crippen LogP) is 0.597. The molecule has 21 heavy (non-hydrogen) atoms. The van der Waals surface area contributed by atoms with Crippen LogP contribution in [0.5, 0.6) is 0 Å². The molecule has 114 valence electrons. The number of anilines is 1. The maximum atomic E-state index is 8.34. The van der Waals surface area contributed by atoms with Gasteiger partial charge in [-0.15, -0.1) is 0 Å². The molecule has 0 aliphatic rings. The summed E-state index contributed by atoms with van der Waals surface area (Å²) in [5, 5.41) is 25.0. The minimum atomic E-state index is -1.21. The fourth-order valence-electron chi connectivity index (χ4n) is 1.46. The number of aliphatic hydroxyl groups is 3. The van der Waals surface area contributed by atoms with E-state index in [1.165, 1.54) is 11.1 Å². The molecular weight excluding hydrogens is 268 g/mol. The smallest absolute Gasteiger partial charge is 0.0856 e. The van der Waals surface area contributed by atoms with Crippen molar-refractivity contribution in [1.82, 2.24) is 0 Å². The van der Waals surface area contributed by atoms with E-state index in [4.69, 9.17) is 26.8 Å². The summed E-state index contributed by atoms with van der Waals surface area (Å²) in [4.78, 5) is 0. The first-order chi connectivity index (χ1) is 10.0. The van der Waals surface area contributed by atoms with Crippen LogP contribution in [0.25, 0.3) is 11.1 Å². The molecule has 5 heteroatoms. The zero-order chi connectivity index (χ0) is 15.7. The topological polar surface area (TPSA) is 113 Å². The zero-order valence-electron chi connectivity index (χ0n) is 11.8. The molecule has 0 aliphatic heterocycles. The third-order valence-corrected chi connectivity index (χ3v) is 2.96. The molecule has 0 radical (unpaired) electrons. The summed E-state index contributed by atoms with van der Waals surface area (Å²) in [6.45, 7) is -1.21. The predicted molar refractivity (Wildman–Crippen MR) is 84.5 cm³/mol. The van der Waals surface area contributed by atoms with Crippen molar-refractivity contribution >= 4 is 5.69 Å². The fraction of sp³-hybridized carbons (Fsp3) is 0.250. The molecule has 2 aromatic rings. The van der Waals surface area contributed by atoms with E-state index in [-0.39, 0.29) is 0 Å². The van der Waals surface area contributed by atoms with Crippen molar-refractivity contribution in [3.63, 3.8) is 0 Å². The number of hydrogen-bond acceptors (Lipinski definition) is 5. The Balaban J connectivity index is 0.000000240. The van der Waals surface area contributed by atoms with Crippen LogP contribution in [0.1, 0.15) is 0 Å². The van der Waals surface area contributed by atoms with E-state index in [1.807, 2.05) is 42.5 Å². The van der Waals surface area contributed by atoms with Crippen LogP contribution in [0.2, 0.25) is 0 Å². The van der Waals surface area contributed by atoms with Crippen LogP contribution >= 0.6 is 0 Å². The van der Waals surface area contributed by atoms with Crippen molar-refractivity contribution < 1.29 is 15.3 Å². The molecule has 0 atom stereocenters. The van der Waals surface area contributed by atoms with Crippen molar-refractivity contribution in [3.05, 3.63) is 54.6 Å². The normalized spacial score (nSPS) is 10.7. The van der Waals surface area contributed by atoms with Gasteiger partial charge >= 0.3 is 0 Å². The summed E-state index contributed by atoms with van der Waals surface area (Å²) in [6.07, 6.45) is 0. The summed E-state index contributed by atoms with van der Waals surface area (Å²) in [5.74, 6) is 0. The van der Waals surface area contributed by atoms with E-state index < -0.39 is 25.4 Å². The average molecular weight is 290 g/mol. The van der Waals surface area contributed by atoms with Crippen LogP contribution in [0.3, 0.4) is 0 Å². The molecule has 0 unspecified atom stereocenters. The highest BCUT2D eigenvalue weighted by atomic mass is 16.3. The van der Waals surface area contributed by atoms with Crippen LogP contribution in [-0.4, -0.2) is 40.7 Å². The van der Waals surface area contributed by atoms with Crippen LogP contribution in [0.15, 0.2) is 54.6 Å². The van der Waals surface area contributed by atoms with Gasteiger partial charge in [0.2, 0.25) is 0 Å². The van der Waals surface area contributed by atoms with Crippen LogP contribution < -0.4 is 11.5 Å². The van der Waals surface area contributed by atoms with E-state index >= 15 is 0 Å². The minimum absolute atomic E-state index is 0.403. The van der Waals surface area contributed by atoms with Crippen molar-refractivity contribution in [2.45, 2.75) is 5.54 Å². The van der Waals surface area contributed by atoms with E-state index in [0.29, 0.717) is 0 Å². The Bertz CT molecular complexity index is 503. The molecule has 2 aromatic carbocycles. The second-order valence-electron chi connectivity index (χ2n) is 4.82. The van der Waals surface area contributed by atoms with Crippen LogP contribution in [-0.2, 0) is 0 Å². The first-order valence-corrected chi connectivity index (χ1v) is 6.57. The Morgan fingerprint density at radius 2 is 1.14 bits per heavy atom. The van der Waals surface area contributed by atoms with Gasteiger partial charge in [-0.2, -0.15) is 0 Å². The molecule has 0 aromatic heterocycles. The Hall–Kier alpha value is -1.92. The van der Waals surface area contributed by atoms with Crippen LogP contribution in [0.4, 0.5) is 5.69 Å². The molecule has 0 fully saturated rings. The third-order valence-electron chi connectivity index (χ3n) is 2.96. The average Bonchev–Trinajstić information content (AvgIpc) is 2.56. The first-order valence-electron chi connectivity index (χ1n) is 6.57. The van der Waals surface area contributed by atoms with E-state index in [9.17, 15) is 0 Å². The number of aliphatic hydroxyl groups excluding tert-OH is 3. The molecule has 5 nitrogen and oxygen atoms in total. The number of nitrogen functional groups attached to an aromatic ring is 1. The lowest BCUT2D eigenvalue weighted by Crippen LogP contribution is -2.50. The summed E-state index contributed by atoms with van der Waals surface area (Å²) in [6, 6.07) is 18.2. The van der Waals surface area contributed by atoms with Crippen molar-refractivity contribution in [2.24, 2.45) is 5.73 Å². The van der Waals surface area contributed by atoms with E-state index in [0.717, 1.165) is 5.69 Å². The molecule has 0 saturated heterocycles. The molecule has 0 bridgehead atoms. The lowest BCUT2D eigenvalue weighted by atomic mass is 10.1. The standard InChI is InChI=1S/C12H11N.C4H11NO3/c13-12-8-6-11(7-9-12)10-4-2-1-3-5-10;5-4(1-6,2-7)3-8/h1-9H,13H2;6-8H,1-3,5H2. The van der Waals surface area contributed by atoms with Crippen molar-refractivity contribution in [2.75, 3.05) is 25.6 Å². The highest BCUT2D eigenvalue weighted by Crippen LogP contribution is 2.19. The van der Waals surface area contributed by atoms with Crippen molar-refractivity contribution in [3.8, 4) is 11.1 Å². The number of nitrogens with two attached hydrogens (primary N) is 2. The Morgan fingerprint density at radius 3 is 1.52 bits per heavy atom. The number of hydrogen-bond donors (Lipinski definition) is 5. The van der Waals surface area contributed by atoms with Gasteiger partial charge in [-0.3, -0.25) is 0 Å². The van der Waals surface area contributed by atoms with Gasteiger partial charge in [0, 0.05) is 5.69 Å². The highest BCUT2D eigenvalue weighted by Gasteiger charge is 2.20. The lowest BCUT2D eigenvalue weighted by molar-refractivity contribution is 0.0698. The summed E-state index contributed by atoms with van der Waals surface area (Å²) in [7, 11) is 0. The Morgan fingerprint density at radius 1 is 0.714 bits per heavy atom.